The van der Waals surface area contributed by atoms with E-state index in [4.69, 9.17) is 9.47 Å². The zero-order valence-electron chi connectivity index (χ0n) is 15.7. The Balaban J connectivity index is 0.00000300. The second-order valence-corrected chi connectivity index (χ2v) is 6.56. The normalized spacial score (nSPS) is 14.8. The maximum absolute atomic E-state index is 14.4. The van der Waals surface area contributed by atoms with E-state index >= 15 is 0 Å². The number of alkyl halides is 3. The number of hydrogen-bond acceptors (Lipinski definition) is 4. The van der Waals surface area contributed by atoms with Crippen molar-refractivity contribution in [2.45, 2.75) is 19.2 Å². The van der Waals surface area contributed by atoms with Gasteiger partial charge in [0.05, 0.1) is 13.7 Å². The summed E-state index contributed by atoms with van der Waals surface area (Å²) in [6.45, 7) is 1.96. The van der Waals surface area contributed by atoms with Crippen molar-refractivity contribution in [2.24, 2.45) is 5.92 Å². The number of hydrogen-bond donors (Lipinski definition) is 1. The quantitative estimate of drug-likeness (QED) is 0.633. The van der Waals surface area contributed by atoms with Gasteiger partial charge in [0, 0.05) is 11.6 Å². The van der Waals surface area contributed by atoms with Gasteiger partial charge >= 0.3 is 6.36 Å². The fourth-order valence-corrected chi connectivity index (χ4v) is 3.11. The van der Waals surface area contributed by atoms with Gasteiger partial charge in [-0.05, 0) is 61.7 Å². The molecule has 2 aromatic rings. The molecule has 1 fully saturated rings. The van der Waals surface area contributed by atoms with Crippen LogP contribution in [0, 0.1) is 11.7 Å². The van der Waals surface area contributed by atoms with Gasteiger partial charge in [0.25, 0.3) is 0 Å². The van der Waals surface area contributed by atoms with E-state index in [-0.39, 0.29) is 36.2 Å². The molecule has 9 heteroatoms. The Kier molecular flexibility index (Phi) is 7.98. The molecule has 0 spiro atoms. The predicted molar refractivity (Wildman–Crippen MR) is 103 cm³/mol. The van der Waals surface area contributed by atoms with Crippen LogP contribution in [0.2, 0.25) is 0 Å². The Hall–Kier alpha value is -2.19. The molecular formula is C20H22ClF4NO3. The van der Waals surface area contributed by atoms with Gasteiger partial charge in [-0.3, -0.25) is 0 Å². The van der Waals surface area contributed by atoms with Crippen LogP contribution < -0.4 is 19.5 Å². The zero-order chi connectivity index (χ0) is 20.1. The van der Waals surface area contributed by atoms with Crippen LogP contribution in [0.3, 0.4) is 0 Å². The van der Waals surface area contributed by atoms with E-state index in [1.807, 2.05) is 0 Å². The van der Waals surface area contributed by atoms with Gasteiger partial charge in [0.15, 0.2) is 11.5 Å². The zero-order valence-corrected chi connectivity index (χ0v) is 16.5. The van der Waals surface area contributed by atoms with E-state index in [2.05, 4.69) is 10.1 Å². The van der Waals surface area contributed by atoms with Gasteiger partial charge in [0.2, 0.25) is 0 Å². The van der Waals surface area contributed by atoms with Gasteiger partial charge in [-0.2, -0.15) is 0 Å². The molecule has 1 aliphatic rings. The number of ether oxygens (including phenoxy) is 3. The minimum Gasteiger partial charge on any atom is -0.497 e. The first-order valence-corrected chi connectivity index (χ1v) is 8.93. The minimum atomic E-state index is -4.85. The molecule has 3 rings (SSSR count). The molecule has 0 radical (unpaired) electrons. The standard InChI is InChI=1S/C20H21F4NO3.ClH/c1-26-15-3-4-16(17(21)11-15)14-2-5-18(28-20(22,23)24)19(10-14)27-12-13-6-8-25-9-7-13;/h2-5,10-11,13,25H,6-9,12H2,1H3;1H. The summed E-state index contributed by atoms with van der Waals surface area (Å²) in [4.78, 5) is 0. The lowest BCUT2D eigenvalue weighted by atomic mass is 9.99. The highest BCUT2D eigenvalue weighted by Crippen LogP contribution is 2.37. The Morgan fingerprint density at radius 3 is 2.38 bits per heavy atom. The average molecular weight is 436 g/mol. The molecular weight excluding hydrogens is 414 g/mol. The SMILES string of the molecule is COc1ccc(-c2ccc(OC(F)(F)F)c(OCC3CCNCC3)c2)c(F)c1.Cl. The number of piperidine rings is 1. The van der Waals surface area contributed by atoms with Crippen LogP contribution >= 0.6 is 12.4 Å². The number of halogens is 5. The van der Waals surface area contributed by atoms with Crippen molar-refractivity contribution in [3.05, 3.63) is 42.2 Å². The second-order valence-electron chi connectivity index (χ2n) is 6.56. The van der Waals surface area contributed by atoms with Crippen molar-refractivity contribution >= 4 is 12.4 Å². The lowest BCUT2D eigenvalue weighted by Crippen LogP contribution is -2.30. The molecule has 1 aliphatic heterocycles. The summed E-state index contributed by atoms with van der Waals surface area (Å²) >= 11 is 0. The van der Waals surface area contributed by atoms with E-state index in [9.17, 15) is 17.6 Å². The molecule has 1 saturated heterocycles. The summed E-state index contributed by atoms with van der Waals surface area (Å²) in [5.74, 6) is -0.474. The van der Waals surface area contributed by atoms with Crippen molar-refractivity contribution in [3.8, 4) is 28.4 Å². The summed E-state index contributed by atoms with van der Waals surface area (Å²) in [6, 6.07) is 8.17. The summed E-state index contributed by atoms with van der Waals surface area (Å²) in [5.41, 5.74) is 0.612. The monoisotopic (exact) mass is 435 g/mol. The van der Waals surface area contributed by atoms with E-state index in [0.717, 1.165) is 32.0 Å². The summed E-state index contributed by atoms with van der Waals surface area (Å²) in [7, 11) is 1.42. The Labute approximate surface area is 172 Å². The van der Waals surface area contributed by atoms with Crippen molar-refractivity contribution < 1.29 is 31.8 Å². The van der Waals surface area contributed by atoms with Crippen LogP contribution in [-0.2, 0) is 0 Å². The highest BCUT2D eigenvalue weighted by molar-refractivity contribution is 5.85. The fourth-order valence-electron chi connectivity index (χ4n) is 3.11. The molecule has 0 atom stereocenters. The van der Waals surface area contributed by atoms with E-state index in [1.54, 1.807) is 6.07 Å². The molecule has 29 heavy (non-hydrogen) atoms. The number of methoxy groups -OCH3 is 1. The highest BCUT2D eigenvalue weighted by Gasteiger charge is 2.32. The molecule has 4 nitrogen and oxygen atoms in total. The molecule has 0 unspecified atom stereocenters. The molecule has 2 aromatic carbocycles. The fraction of sp³-hybridized carbons (Fsp3) is 0.400. The van der Waals surface area contributed by atoms with Crippen molar-refractivity contribution in [3.63, 3.8) is 0 Å². The maximum Gasteiger partial charge on any atom is 0.573 e. The minimum absolute atomic E-state index is 0. The Morgan fingerprint density at radius 1 is 1.03 bits per heavy atom. The van der Waals surface area contributed by atoms with Gasteiger partial charge in [0.1, 0.15) is 11.6 Å². The molecule has 0 aromatic heterocycles. The average Bonchev–Trinajstić information content (AvgIpc) is 2.67. The van der Waals surface area contributed by atoms with Gasteiger partial charge in [-0.1, -0.05) is 6.07 Å². The second kappa shape index (κ2) is 10.0. The van der Waals surface area contributed by atoms with Gasteiger partial charge < -0.3 is 19.5 Å². The summed E-state index contributed by atoms with van der Waals surface area (Å²) in [5, 5.41) is 3.22. The van der Waals surface area contributed by atoms with Crippen LogP contribution in [0.5, 0.6) is 17.2 Å². The third-order valence-corrected chi connectivity index (χ3v) is 4.59. The van der Waals surface area contributed by atoms with Crippen molar-refractivity contribution in [1.82, 2.24) is 5.32 Å². The molecule has 0 aliphatic carbocycles. The molecule has 160 valence electrons. The largest absolute Gasteiger partial charge is 0.573 e. The Morgan fingerprint density at radius 2 is 1.76 bits per heavy atom. The summed E-state index contributed by atoms with van der Waals surface area (Å²) in [6.07, 6.45) is -3.09. The predicted octanol–water partition coefficient (Wildman–Crippen LogP) is 5.20. The molecule has 0 saturated carbocycles. The lowest BCUT2D eigenvalue weighted by Gasteiger charge is -2.23. The highest BCUT2D eigenvalue weighted by atomic mass is 35.5. The first kappa shape index (κ1) is 23.1. The van der Waals surface area contributed by atoms with E-state index < -0.39 is 17.9 Å². The van der Waals surface area contributed by atoms with Crippen LogP contribution in [0.4, 0.5) is 17.6 Å². The third-order valence-electron chi connectivity index (χ3n) is 4.59. The third kappa shape index (κ3) is 6.40. The van der Waals surface area contributed by atoms with E-state index in [1.165, 1.54) is 31.4 Å². The maximum atomic E-state index is 14.4. The Bertz CT molecular complexity index is 811. The topological polar surface area (TPSA) is 39.7 Å². The first-order valence-electron chi connectivity index (χ1n) is 8.93. The first-order chi connectivity index (χ1) is 13.4. The van der Waals surface area contributed by atoms with Gasteiger partial charge in [-0.25, -0.2) is 4.39 Å². The van der Waals surface area contributed by atoms with Crippen LogP contribution in [0.25, 0.3) is 11.1 Å². The molecule has 0 bridgehead atoms. The number of rotatable bonds is 6. The van der Waals surface area contributed by atoms with Crippen LogP contribution in [0.1, 0.15) is 12.8 Å². The van der Waals surface area contributed by atoms with E-state index in [0.29, 0.717) is 11.3 Å². The number of nitrogens with one attached hydrogen (secondary N) is 1. The lowest BCUT2D eigenvalue weighted by molar-refractivity contribution is -0.275. The smallest absolute Gasteiger partial charge is 0.497 e. The van der Waals surface area contributed by atoms with Crippen LogP contribution in [-0.4, -0.2) is 33.2 Å². The van der Waals surface area contributed by atoms with Crippen LogP contribution in [0.15, 0.2) is 36.4 Å². The molecule has 1 N–H and O–H groups in total. The van der Waals surface area contributed by atoms with Gasteiger partial charge in [-0.15, -0.1) is 25.6 Å². The molecule has 1 heterocycles. The van der Waals surface area contributed by atoms with Crippen molar-refractivity contribution in [2.75, 3.05) is 26.8 Å². The molecule has 0 amide bonds. The number of benzene rings is 2. The van der Waals surface area contributed by atoms with Crippen molar-refractivity contribution in [1.29, 1.82) is 0 Å². The summed E-state index contributed by atoms with van der Waals surface area (Å²) < 4.78 is 67.3.